The van der Waals surface area contributed by atoms with E-state index in [1.54, 1.807) is 0 Å². The lowest BCUT2D eigenvalue weighted by Crippen LogP contribution is -2.09. The number of rotatable bonds is 4. The van der Waals surface area contributed by atoms with E-state index in [9.17, 15) is 13.6 Å². The van der Waals surface area contributed by atoms with Crippen molar-refractivity contribution in [3.05, 3.63) is 28.0 Å². The highest BCUT2D eigenvalue weighted by Crippen LogP contribution is 2.32. The van der Waals surface area contributed by atoms with Gasteiger partial charge in [-0.25, -0.2) is 13.8 Å². The van der Waals surface area contributed by atoms with Gasteiger partial charge in [-0.05, 0) is 11.1 Å². The molecule has 94 valence electrons. The molecule has 0 amide bonds. The molecule has 1 aromatic rings. The lowest BCUT2D eigenvalue weighted by Gasteiger charge is -2.12. The van der Waals surface area contributed by atoms with E-state index < -0.39 is 18.0 Å². The second kappa shape index (κ2) is 6.12. The van der Waals surface area contributed by atoms with E-state index in [0.29, 0.717) is 5.56 Å². The SMILES string of the molecule is COC(=O)Cc1cnc(Cl)c(C(F)F)c1CCl. The molecule has 0 bridgehead atoms. The summed E-state index contributed by atoms with van der Waals surface area (Å²) >= 11 is 11.2. The van der Waals surface area contributed by atoms with Crippen molar-refractivity contribution in [3.63, 3.8) is 0 Å². The molecule has 0 aliphatic rings. The summed E-state index contributed by atoms with van der Waals surface area (Å²) in [6.07, 6.45) is -1.70. The second-order valence-electron chi connectivity index (χ2n) is 3.15. The number of methoxy groups -OCH3 is 1. The number of hydrogen-bond acceptors (Lipinski definition) is 3. The topological polar surface area (TPSA) is 39.2 Å². The molecule has 0 aromatic carbocycles. The molecule has 1 aromatic heterocycles. The fourth-order valence-electron chi connectivity index (χ4n) is 1.34. The van der Waals surface area contributed by atoms with Crippen LogP contribution in [0.25, 0.3) is 0 Å². The van der Waals surface area contributed by atoms with Gasteiger partial charge < -0.3 is 4.74 Å². The summed E-state index contributed by atoms with van der Waals surface area (Å²) in [5.74, 6) is -0.727. The average Bonchev–Trinajstić information content (AvgIpc) is 2.30. The van der Waals surface area contributed by atoms with Gasteiger partial charge >= 0.3 is 5.97 Å². The van der Waals surface area contributed by atoms with Crippen LogP contribution in [-0.2, 0) is 21.8 Å². The van der Waals surface area contributed by atoms with Crippen LogP contribution in [-0.4, -0.2) is 18.1 Å². The number of ether oxygens (including phenoxy) is 1. The Morgan fingerprint density at radius 2 is 2.24 bits per heavy atom. The molecular weight excluding hydrogens is 275 g/mol. The van der Waals surface area contributed by atoms with Gasteiger partial charge in [0.05, 0.1) is 19.1 Å². The molecule has 0 saturated heterocycles. The number of pyridine rings is 1. The number of alkyl halides is 3. The highest BCUT2D eigenvalue weighted by molar-refractivity contribution is 6.30. The van der Waals surface area contributed by atoms with Crippen molar-refractivity contribution in [1.82, 2.24) is 4.98 Å². The smallest absolute Gasteiger partial charge is 0.310 e. The van der Waals surface area contributed by atoms with Crippen molar-refractivity contribution >= 4 is 29.2 Å². The van der Waals surface area contributed by atoms with Crippen LogP contribution in [0.2, 0.25) is 5.15 Å². The third-order valence-electron chi connectivity index (χ3n) is 2.18. The van der Waals surface area contributed by atoms with Gasteiger partial charge in [0.25, 0.3) is 6.43 Å². The van der Waals surface area contributed by atoms with Crippen molar-refractivity contribution in [1.29, 1.82) is 0 Å². The molecule has 0 N–H and O–H groups in total. The van der Waals surface area contributed by atoms with Gasteiger partial charge in [-0.15, -0.1) is 11.6 Å². The maximum atomic E-state index is 12.8. The summed E-state index contributed by atoms with van der Waals surface area (Å²) in [6.45, 7) is 0. The Hall–Kier alpha value is -0.940. The van der Waals surface area contributed by atoms with Crippen LogP contribution in [0, 0.1) is 0 Å². The van der Waals surface area contributed by atoms with Crippen molar-refractivity contribution < 1.29 is 18.3 Å². The number of carbonyl (C=O) groups excluding carboxylic acids is 1. The zero-order valence-corrected chi connectivity index (χ0v) is 10.4. The molecule has 0 aliphatic heterocycles. The van der Waals surface area contributed by atoms with Crippen LogP contribution in [0.15, 0.2) is 6.20 Å². The zero-order chi connectivity index (χ0) is 13.0. The number of carbonyl (C=O) groups is 1. The molecule has 0 spiro atoms. The Morgan fingerprint density at radius 3 is 2.71 bits per heavy atom. The van der Waals surface area contributed by atoms with Crippen molar-refractivity contribution in [2.45, 2.75) is 18.7 Å². The monoisotopic (exact) mass is 283 g/mol. The molecule has 0 saturated carbocycles. The average molecular weight is 284 g/mol. The summed E-state index contributed by atoms with van der Waals surface area (Å²) in [5.41, 5.74) is 0.00156. The predicted octanol–water partition coefficient (Wildman–Crippen LogP) is 3.13. The number of halogens is 4. The maximum absolute atomic E-state index is 12.8. The molecule has 3 nitrogen and oxygen atoms in total. The predicted molar refractivity (Wildman–Crippen MR) is 59.5 cm³/mol. The molecule has 1 rings (SSSR count). The second-order valence-corrected chi connectivity index (χ2v) is 3.78. The van der Waals surface area contributed by atoms with Crippen molar-refractivity contribution in [3.8, 4) is 0 Å². The van der Waals surface area contributed by atoms with E-state index >= 15 is 0 Å². The Bertz CT molecular complexity index is 427. The number of nitrogens with zero attached hydrogens (tertiary/aromatic N) is 1. The minimum Gasteiger partial charge on any atom is -0.469 e. The number of hydrogen-bond donors (Lipinski definition) is 0. The van der Waals surface area contributed by atoms with Gasteiger partial charge in [-0.2, -0.15) is 0 Å². The highest BCUT2D eigenvalue weighted by Gasteiger charge is 2.21. The third-order valence-corrected chi connectivity index (χ3v) is 2.75. The lowest BCUT2D eigenvalue weighted by molar-refractivity contribution is -0.139. The molecule has 17 heavy (non-hydrogen) atoms. The van der Waals surface area contributed by atoms with Crippen LogP contribution >= 0.6 is 23.2 Å². The number of aromatic nitrogens is 1. The van der Waals surface area contributed by atoms with Gasteiger partial charge in [0.15, 0.2) is 0 Å². The number of esters is 1. The van der Waals surface area contributed by atoms with Crippen molar-refractivity contribution in [2.24, 2.45) is 0 Å². The van der Waals surface area contributed by atoms with E-state index in [1.165, 1.54) is 13.3 Å². The van der Waals surface area contributed by atoms with E-state index in [0.717, 1.165) is 0 Å². The Kier molecular flexibility index (Phi) is 5.08. The fourth-order valence-corrected chi connectivity index (χ4v) is 1.90. The third kappa shape index (κ3) is 3.26. The molecular formula is C10H9Cl2F2NO2. The van der Waals surface area contributed by atoms with Gasteiger partial charge in [0, 0.05) is 12.1 Å². The first-order valence-electron chi connectivity index (χ1n) is 4.58. The standard InChI is InChI=1S/C10H9Cl2F2NO2/c1-17-7(16)2-5-4-15-9(12)8(10(13)14)6(5)3-11/h4,10H,2-3H2,1H3. The molecule has 0 aliphatic carbocycles. The Balaban J connectivity index is 3.23. The van der Waals surface area contributed by atoms with E-state index in [1.807, 2.05) is 0 Å². The zero-order valence-electron chi connectivity index (χ0n) is 8.84. The van der Waals surface area contributed by atoms with E-state index in [4.69, 9.17) is 23.2 Å². The van der Waals surface area contributed by atoms with E-state index in [-0.39, 0.29) is 23.0 Å². The minimum absolute atomic E-state index is 0.132. The van der Waals surface area contributed by atoms with E-state index in [2.05, 4.69) is 9.72 Å². The molecule has 1 heterocycles. The molecule has 0 unspecified atom stereocenters. The van der Waals surface area contributed by atoms with Crippen LogP contribution in [0.4, 0.5) is 8.78 Å². The van der Waals surface area contributed by atoms with Gasteiger partial charge in [0.2, 0.25) is 0 Å². The molecule has 7 heteroatoms. The van der Waals surface area contributed by atoms with Crippen molar-refractivity contribution in [2.75, 3.05) is 7.11 Å². The first kappa shape index (κ1) is 14.1. The van der Waals surface area contributed by atoms with Gasteiger partial charge in [0.1, 0.15) is 5.15 Å². The van der Waals surface area contributed by atoms with Gasteiger partial charge in [-0.3, -0.25) is 4.79 Å². The van der Waals surface area contributed by atoms with Crippen LogP contribution in [0.5, 0.6) is 0 Å². The largest absolute Gasteiger partial charge is 0.469 e. The highest BCUT2D eigenvalue weighted by atomic mass is 35.5. The van der Waals surface area contributed by atoms with Crippen LogP contribution in [0.1, 0.15) is 23.1 Å². The fraction of sp³-hybridized carbons (Fsp3) is 0.400. The summed E-state index contributed by atoms with van der Waals surface area (Å²) in [5, 5.41) is -0.302. The molecule has 0 atom stereocenters. The summed E-state index contributed by atoms with van der Waals surface area (Å²) in [4.78, 5) is 14.7. The normalized spacial score (nSPS) is 10.7. The molecule has 0 fully saturated rings. The Labute approximate surface area is 107 Å². The summed E-state index contributed by atoms with van der Waals surface area (Å²) < 4.78 is 30.0. The van der Waals surface area contributed by atoms with Gasteiger partial charge in [-0.1, -0.05) is 11.6 Å². The first-order valence-corrected chi connectivity index (χ1v) is 5.49. The summed E-state index contributed by atoms with van der Waals surface area (Å²) in [6, 6.07) is 0. The Morgan fingerprint density at radius 1 is 1.59 bits per heavy atom. The van der Waals surface area contributed by atoms with Crippen LogP contribution < -0.4 is 0 Å². The molecule has 0 radical (unpaired) electrons. The minimum atomic E-state index is -2.79. The lowest BCUT2D eigenvalue weighted by atomic mass is 10.0. The quantitative estimate of drug-likeness (QED) is 0.484. The van der Waals surface area contributed by atoms with Crippen LogP contribution in [0.3, 0.4) is 0 Å². The summed E-state index contributed by atoms with van der Waals surface area (Å²) in [7, 11) is 1.21. The maximum Gasteiger partial charge on any atom is 0.310 e. The first-order chi connectivity index (χ1) is 8.01.